The van der Waals surface area contributed by atoms with Gasteiger partial charge in [0.25, 0.3) is 0 Å². The molecule has 1 aromatic carbocycles. The molecule has 4 heterocycles. The van der Waals surface area contributed by atoms with Crippen LogP contribution in [-0.2, 0) is 9.53 Å². The van der Waals surface area contributed by atoms with Crippen molar-refractivity contribution in [1.82, 2.24) is 19.9 Å². The Morgan fingerprint density at radius 3 is 2.62 bits per heavy atom. The van der Waals surface area contributed by atoms with Crippen LogP contribution in [0.15, 0.2) is 73.2 Å². The van der Waals surface area contributed by atoms with Gasteiger partial charge in [0.2, 0.25) is 5.91 Å². The Bertz CT molecular complexity index is 1490. The Kier molecular flexibility index (Phi) is 7.58. The van der Waals surface area contributed by atoms with Gasteiger partial charge >= 0.3 is 0 Å². The Balaban J connectivity index is 1.64. The molecule has 3 aromatic heterocycles. The zero-order chi connectivity index (χ0) is 27.5. The molecule has 2 N–H and O–H groups in total. The van der Waals surface area contributed by atoms with Crippen molar-refractivity contribution >= 4 is 34.6 Å². The first kappa shape index (κ1) is 26.3. The molecule has 4 aromatic rings. The first-order valence-electron chi connectivity index (χ1n) is 12.5. The molecule has 2 atom stereocenters. The SMILES string of the molecule is COCC(=O)Nc1cc(N2C(=S)N[C@H](c3ccccn3)[C@@H]2c2cc(C)n(-c3cccnc3)c2C)ccc1OC. The summed E-state index contributed by atoms with van der Waals surface area (Å²) in [5.41, 5.74) is 6.44. The molecule has 0 unspecified atom stereocenters. The van der Waals surface area contributed by atoms with E-state index in [1.54, 1.807) is 19.5 Å². The molecule has 1 saturated heterocycles. The predicted octanol–water partition coefficient (Wildman–Crippen LogP) is 4.65. The van der Waals surface area contributed by atoms with E-state index >= 15 is 0 Å². The van der Waals surface area contributed by atoms with Crippen molar-refractivity contribution in [3.8, 4) is 11.4 Å². The minimum atomic E-state index is -0.280. The lowest BCUT2D eigenvalue weighted by Gasteiger charge is -2.29. The molecule has 5 rings (SSSR count). The molecule has 0 aliphatic carbocycles. The van der Waals surface area contributed by atoms with Gasteiger partial charge in [0, 0.05) is 36.6 Å². The van der Waals surface area contributed by atoms with Crippen LogP contribution in [0.5, 0.6) is 5.75 Å². The lowest BCUT2D eigenvalue weighted by atomic mass is 9.96. The number of pyridine rings is 2. The van der Waals surface area contributed by atoms with Gasteiger partial charge in [0.1, 0.15) is 12.4 Å². The first-order valence-corrected chi connectivity index (χ1v) is 12.9. The summed E-state index contributed by atoms with van der Waals surface area (Å²) < 4.78 is 12.7. The largest absolute Gasteiger partial charge is 0.495 e. The molecule has 1 aliphatic rings. The Hall–Kier alpha value is -4.28. The smallest absolute Gasteiger partial charge is 0.250 e. The number of amides is 1. The number of nitrogens with zero attached hydrogens (tertiary/aromatic N) is 4. The molecular formula is C29H30N6O3S. The van der Waals surface area contributed by atoms with Crippen molar-refractivity contribution in [3.05, 3.63) is 95.8 Å². The summed E-state index contributed by atoms with van der Waals surface area (Å²) in [5.74, 6) is 0.256. The van der Waals surface area contributed by atoms with Crippen LogP contribution in [0.1, 0.15) is 34.7 Å². The standard InChI is InChI=1S/C29H30N6O3S/c1-18-14-22(19(2)34(18)21-8-7-12-30-16-21)28-27(23-9-5-6-13-31-23)33-29(39)35(28)20-10-11-25(38-4)24(15-20)32-26(36)17-37-3/h5-16,27-28H,17H2,1-4H3,(H,32,36)(H,33,39)/t27-,28+/m1/s1. The minimum Gasteiger partial charge on any atom is -0.495 e. The molecular weight excluding hydrogens is 512 g/mol. The zero-order valence-electron chi connectivity index (χ0n) is 22.2. The summed E-state index contributed by atoms with van der Waals surface area (Å²) in [5, 5.41) is 6.95. The van der Waals surface area contributed by atoms with E-state index < -0.39 is 0 Å². The number of anilines is 2. The summed E-state index contributed by atoms with van der Waals surface area (Å²) in [4.78, 5) is 23.4. The topological polar surface area (TPSA) is 93.5 Å². The second-order valence-electron chi connectivity index (χ2n) is 9.24. The lowest BCUT2D eigenvalue weighted by Crippen LogP contribution is -2.29. The van der Waals surface area contributed by atoms with E-state index in [4.69, 9.17) is 21.7 Å². The molecule has 1 fully saturated rings. The molecule has 1 aliphatic heterocycles. The predicted molar refractivity (Wildman–Crippen MR) is 154 cm³/mol. The number of hydrogen-bond acceptors (Lipinski definition) is 6. The Labute approximate surface area is 232 Å². The van der Waals surface area contributed by atoms with E-state index in [1.165, 1.54) is 7.11 Å². The molecule has 0 radical (unpaired) electrons. The summed E-state index contributed by atoms with van der Waals surface area (Å²) >= 11 is 5.92. The number of methoxy groups -OCH3 is 2. The minimum absolute atomic E-state index is 0.0677. The van der Waals surface area contributed by atoms with Gasteiger partial charge < -0.3 is 29.6 Å². The fraction of sp³-hybridized carbons (Fsp3) is 0.241. The summed E-state index contributed by atoms with van der Waals surface area (Å²) in [6.45, 7) is 4.12. The van der Waals surface area contributed by atoms with E-state index in [-0.39, 0.29) is 24.6 Å². The Morgan fingerprint density at radius 1 is 1.08 bits per heavy atom. The van der Waals surface area contributed by atoms with Gasteiger partial charge in [-0.3, -0.25) is 14.8 Å². The van der Waals surface area contributed by atoms with Gasteiger partial charge in [0.15, 0.2) is 5.11 Å². The van der Waals surface area contributed by atoms with E-state index in [2.05, 4.69) is 50.0 Å². The number of carbonyl (C=O) groups excluding carboxylic acids is 1. The second-order valence-corrected chi connectivity index (χ2v) is 9.62. The summed E-state index contributed by atoms with van der Waals surface area (Å²) in [6, 6.07) is 17.2. The highest BCUT2D eigenvalue weighted by atomic mass is 32.1. The van der Waals surface area contributed by atoms with Crippen molar-refractivity contribution in [1.29, 1.82) is 0 Å². The van der Waals surface area contributed by atoms with Crippen LogP contribution >= 0.6 is 12.2 Å². The van der Waals surface area contributed by atoms with Crippen LogP contribution < -0.4 is 20.3 Å². The lowest BCUT2D eigenvalue weighted by molar-refractivity contribution is -0.119. The first-order chi connectivity index (χ1) is 18.9. The van der Waals surface area contributed by atoms with Crippen LogP contribution in [0.3, 0.4) is 0 Å². The van der Waals surface area contributed by atoms with Gasteiger partial charge in [-0.05, 0) is 80.2 Å². The number of aryl methyl sites for hydroxylation is 1. The average molecular weight is 543 g/mol. The monoisotopic (exact) mass is 542 g/mol. The maximum absolute atomic E-state index is 12.4. The second kappa shape index (κ2) is 11.2. The van der Waals surface area contributed by atoms with E-state index in [0.29, 0.717) is 16.5 Å². The van der Waals surface area contributed by atoms with Crippen LogP contribution in [0, 0.1) is 13.8 Å². The third-order valence-corrected chi connectivity index (χ3v) is 7.12. The van der Waals surface area contributed by atoms with Crippen LogP contribution in [0.2, 0.25) is 0 Å². The molecule has 200 valence electrons. The third kappa shape index (κ3) is 5.08. The van der Waals surface area contributed by atoms with Gasteiger partial charge in [-0.1, -0.05) is 6.07 Å². The van der Waals surface area contributed by atoms with Crippen molar-refractivity contribution < 1.29 is 14.3 Å². The number of ether oxygens (including phenoxy) is 2. The molecule has 9 nitrogen and oxygen atoms in total. The average Bonchev–Trinajstić information content (AvgIpc) is 3.44. The van der Waals surface area contributed by atoms with Crippen LogP contribution in [0.25, 0.3) is 5.69 Å². The van der Waals surface area contributed by atoms with Gasteiger partial charge in [-0.25, -0.2) is 0 Å². The third-order valence-electron chi connectivity index (χ3n) is 6.80. The number of benzene rings is 1. The van der Waals surface area contributed by atoms with Crippen molar-refractivity contribution in [2.24, 2.45) is 0 Å². The Morgan fingerprint density at radius 2 is 1.92 bits per heavy atom. The van der Waals surface area contributed by atoms with Gasteiger partial charge in [0.05, 0.1) is 42.5 Å². The number of nitrogens with one attached hydrogen (secondary N) is 2. The van der Waals surface area contributed by atoms with E-state index in [1.807, 2.05) is 54.7 Å². The number of rotatable bonds is 8. The molecule has 39 heavy (non-hydrogen) atoms. The zero-order valence-corrected chi connectivity index (χ0v) is 23.0. The van der Waals surface area contributed by atoms with Gasteiger partial charge in [-0.2, -0.15) is 0 Å². The molecule has 0 saturated carbocycles. The van der Waals surface area contributed by atoms with Crippen molar-refractivity contribution in [2.45, 2.75) is 25.9 Å². The number of thiocarbonyl (C=S) groups is 1. The number of carbonyl (C=O) groups is 1. The number of hydrogen-bond donors (Lipinski definition) is 2. The highest BCUT2D eigenvalue weighted by Gasteiger charge is 2.42. The molecule has 10 heteroatoms. The number of aromatic nitrogens is 3. The van der Waals surface area contributed by atoms with Crippen LogP contribution in [-0.4, -0.2) is 46.4 Å². The molecule has 1 amide bonds. The highest BCUT2D eigenvalue weighted by Crippen LogP contribution is 2.45. The fourth-order valence-electron chi connectivity index (χ4n) is 5.18. The summed E-state index contributed by atoms with van der Waals surface area (Å²) in [6.07, 6.45) is 5.41. The summed E-state index contributed by atoms with van der Waals surface area (Å²) in [7, 11) is 3.04. The van der Waals surface area contributed by atoms with E-state index in [0.717, 1.165) is 34.0 Å². The maximum Gasteiger partial charge on any atom is 0.250 e. The quantitative estimate of drug-likeness (QED) is 0.311. The van der Waals surface area contributed by atoms with Crippen molar-refractivity contribution in [2.75, 3.05) is 31.0 Å². The highest BCUT2D eigenvalue weighted by molar-refractivity contribution is 7.80. The molecule has 0 spiro atoms. The normalized spacial score (nSPS) is 16.7. The van der Waals surface area contributed by atoms with Gasteiger partial charge in [-0.15, -0.1) is 0 Å². The molecule has 0 bridgehead atoms. The fourth-order valence-corrected chi connectivity index (χ4v) is 5.53. The maximum atomic E-state index is 12.4. The van der Waals surface area contributed by atoms with E-state index in [9.17, 15) is 4.79 Å². The van der Waals surface area contributed by atoms with Crippen molar-refractivity contribution in [3.63, 3.8) is 0 Å². The van der Waals surface area contributed by atoms with Crippen LogP contribution in [0.4, 0.5) is 11.4 Å².